The van der Waals surface area contributed by atoms with Gasteiger partial charge in [0.1, 0.15) is 5.82 Å². The summed E-state index contributed by atoms with van der Waals surface area (Å²) in [4.78, 5) is 15.7. The summed E-state index contributed by atoms with van der Waals surface area (Å²) in [6.45, 7) is 4.25. The minimum atomic E-state index is -0.378. The quantitative estimate of drug-likeness (QED) is 0.851. The summed E-state index contributed by atoms with van der Waals surface area (Å²) in [5, 5.41) is 8.32. The molecule has 6 heteroatoms. The van der Waals surface area contributed by atoms with Crippen LogP contribution in [0.3, 0.4) is 0 Å². The number of rotatable bonds is 4. The van der Waals surface area contributed by atoms with Gasteiger partial charge in [0.2, 0.25) is 5.91 Å². The lowest BCUT2D eigenvalue weighted by Crippen LogP contribution is -2.19. The van der Waals surface area contributed by atoms with Gasteiger partial charge in [-0.2, -0.15) is 0 Å². The molecule has 1 aliphatic rings. The molecule has 0 bridgehead atoms. The fourth-order valence-corrected chi connectivity index (χ4v) is 2.96. The van der Waals surface area contributed by atoms with Gasteiger partial charge in [-0.1, -0.05) is 6.08 Å². The van der Waals surface area contributed by atoms with Gasteiger partial charge < -0.3 is 10.6 Å². The second-order valence-corrected chi connectivity index (χ2v) is 5.60. The first-order valence-electron chi connectivity index (χ1n) is 6.60. The Hall–Kier alpha value is -2.21. The number of hydrogen-bond acceptors (Lipinski definition) is 4. The topological polar surface area (TPSA) is 54.0 Å². The molecule has 2 heterocycles. The van der Waals surface area contributed by atoms with Crippen molar-refractivity contribution in [3.05, 3.63) is 41.5 Å². The Morgan fingerprint density at radius 2 is 2.33 bits per heavy atom. The van der Waals surface area contributed by atoms with Gasteiger partial charge >= 0.3 is 0 Å². The highest BCUT2D eigenvalue weighted by atomic mass is 32.1. The molecule has 0 radical (unpaired) electrons. The zero-order chi connectivity index (χ0) is 14.8. The average molecular weight is 303 g/mol. The fraction of sp³-hybridized carbons (Fsp3) is 0.200. The van der Waals surface area contributed by atoms with Gasteiger partial charge in [-0.25, -0.2) is 9.37 Å². The Bertz CT molecular complexity index is 711. The lowest BCUT2D eigenvalue weighted by Gasteiger charge is -2.17. The van der Waals surface area contributed by atoms with E-state index in [4.69, 9.17) is 0 Å². The predicted octanol–water partition coefficient (Wildman–Crippen LogP) is 3.43. The van der Waals surface area contributed by atoms with E-state index in [0.717, 1.165) is 10.7 Å². The van der Waals surface area contributed by atoms with E-state index in [1.807, 2.05) is 5.38 Å². The number of hydrogen-bond donors (Lipinski definition) is 2. The predicted molar refractivity (Wildman–Crippen MR) is 83.1 cm³/mol. The fourth-order valence-electron chi connectivity index (χ4n) is 2.24. The highest BCUT2D eigenvalue weighted by Gasteiger charge is 2.19. The molecule has 2 aromatic rings. The minimum absolute atomic E-state index is 0.0702. The van der Waals surface area contributed by atoms with E-state index in [9.17, 15) is 9.18 Å². The van der Waals surface area contributed by atoms with E-state index in [-0.39, 0.29) is 11.7 Å². The standard InChI is InChI=1S/C15H14FN3OS/c1-2-5-17-15-19-13(8-21-15)10-6-9-3-4-14(20)18-12(9)7-11(10)16/h2,6-8H,1,3-5H2,(H,17,19)(H,18,20). The van der Waals surface area contributed by atoms with Gasteiger partial charge in [0, 0.05) is 29.6 Å². The first-order chi connectivity index (χ1) is 10.2. The number of halogens is 1. The van der Waals surface area contributed by atoms with Crippen LogP contribution in [0.4, 0.5) is 15.2 Å². The van der Waals surface area contributed by atoms with Crippen LogP contribution in [0.2, 0.25) is 0 Å². The molecule has 0 unspecified atom stereocenters. The number of nitrogens with zero attached hydrogens (tertiary/aromatic N) is 1. The van der Waals surface area contributed by atoms with Crippen LogP contribution in [-0.4, -0.2) is 17.4 Å². The van der Waals surface area contributed by atoms with Crippen molar-refractivity contribution in [3.63, 3.8) is 0 Å². The van der Waals surface area contributed by atoms with E-state index in [2.05, 4.69) is 22.2 Å². The van der Waals surface area contributed by atoms with Crippen LogP contribution in [0.1, 0.15) is 12.0 Å². The molecule has 1 aromatic heterocycles. The molecule has 1 aliphatic heterocycles. The molecule has 0 fully saturated rings. The molecule has 0 saturated heterocycles. The number of aromatic nitrogens is 1. The number of anilines is 2. The summed E-state index contributed by atoms with van der Waals surface area (Å²) in [5.74, 6) is -0.448. The normalized spacial score (nSPS) is 13.5. The van der Waals surface area contributed by atoms with Crippen molar-refractivity contribution in [3.8, 4) is 11.3 Å². The summed E-state index contributed by atoms with van der Waals surface area (Å²) in [6.07, 6.45) is 2.80. The third kappa shape index (κ3) is 2.80. The van der Waals surface area contributed by atoms with E-state index in [1.54, 1.807) is 12.1 Å². The van der Waals surface area contributed by atoms with Crippen LogP contribution < -0.4 is 10.6 Å². The Morgan fingerprint density at radius 3 is 3.14 bits per heavy atom. The van der Waals surface area contributed by atoms with Crippen LogP contribution in [-0.2, 0) is 11.2 Å². The maximum Gasteiger partial charge on any atom is 0.224 e. The van der Waals surface area contributed by atoms with Crippen LogP contribution in [0, 0.1) is 5.82 Å². The molecule has 4 nitrogen and oxygen atoms in total. The summed E-state index contributed by atoms with van der Waals surface area (Å²) < 4.78 is 14.2. The number of carbonyl (C=O) groups excluding carboxylic acids is 1. The molecule has 21 heavy (non-hydrogen) atoms. The zero-order valence-corrected chi connectivity index (χ0v) is 12.1. The number of benzene rings is 1. The molecule has 0 saturated carbocycles. The molecule has 1 amide bonds. The number of fused-ring (bicyclic) bond motifs is 1. The van der Waals surface area contributed by atoms with Crippen molar-refractivity contribution in [2.45, 2.75) is 12.8 Å². The lowest BCUT2D eigenvalue weighted by molar-refractivity contribution is -0.116. The number of nitrogens with one attached hydrogen (secondary N) is 2. The molecule has 3 rings (SSSR count). The van der Waals surface area contributed by atoms with Crippen LogP contribution in [0.5, 0.6) is 0 Å². The van der Waals surface area contributed by atoms with E-state index in [0.29, 0.717) is 36.3 Å². The van der Waals surface area contributed by atoms with Crippen LogP contribution in [0.15, 0.2) is 30.2 Å². The Balaban J connectivity index is 1.93. The zero-order valence-electron chi connectivity index (χ0n) is 11.3. The number of thiazole rings is 1. The molecular weight excluding hydrogens is 289 g/mol. The third-order valence-electron chi connectivity index (χ3n) is 3.27. The Kier molecular flexibility index (Phi) is 3.70. The molecule has 1 aromatic carbocycles. The molecule has 108 valence electrons. The smallest absolute Gasteiger partial charge is 0.224 e. The summed E-state index contributed by atoms with van der Waals surface area (Å²) >= 11 is 1.42. The number of amides is 1. The van der Waals surface area contributed by atoms with Gasteiger partial charge in [0.15, 0.2) is 5.13 Å². The van der Waals surface area contributed by atoms with E-state index < -0.39 is 0 Å². The number of carbonyl (C=O) groups is 1. The van der Waals surface area contributed by atoms with E-state index in [1.165, 1.54) is 17.4 Å². The monoisotopic (exact) mass is 303 g/mol. The molecule has 0 atom stereocenters. The molecule has 0 spiro atoms. The van der Waals surface area contributed by atoms with Crippen molar-refractivity contribution in [2.24, 2.45) is 0 Å². The molecule has 0 aliphatic carbocycles. The maximum atomic E-state index is 14.2. The van der Waals surface area contributed by atoms with Crippen molar-refractivity contribution in [1.82, 2.24) is 4.98 Å². The van der Waals surface area contributed by atoms with Gasteiger partial charge in [-0.15, -0.1) is 17.9 Å². The summed E-state index contributed by atoms with van der Waals surface area (Å²) in [5.41, 5.74) is 2.57. The van der Waals surface area contributed by atoms with Gasteiger partial charge in [0.05, 0.1) is 5.69 Å². The van der Waals surface area contributed by atoms with Crippen molar-refractivity contribution >= 4 is 28.1 Å². The first-order valence-corrected chi connectivity index (χ1v) is 7.48. The largest absolute Gasteiger partial charge is 0.358 e. The average Bonchev–Trinajstić information content (AvgIpc) is 2.93. The van der Waals surface area contributed by atoms with Gasteiger partial charge in [-0.3, -0.25) is 4.79 Å². The summed E-state index contributed by atoms with van der Waals surface area (Å²) in [6, 6.07) is 3.15. The van der Waals surface area contributed by atoms with Crippen molar-refractivity contribution < 1.29 is 9.18 Å². The Labute approximate surface area is 125 Å². The van der Waals surface area contributed by atoms with Gasteiger partial charge in [0.25, 0.3) is 0 Å². The van der Waals surface area contributed by atoms with Crippen molar-refractivity contribution in [2.75, 3.05) is 17.2 Å². The highest BCUT2D eigenvalue weighted by molar-refractivity contribution is 7.14. The third-order valence-corrected chi connectivity index (χ3v) is 4.07. The van der Waals surface area contributed by atoms with Crippen LogP contribution in [0.25, 0.3) is 11.3 Å². The number of aryl methyl sites for hydroxylation is 1. The minimum Gasteiger partial charge on any atom is -0.358 e. The van der Waals surface area contributed by atoms with E-state index >= 15 is 0 Å². The maximum absolute atomic E-state index is 14.2. The molecular formula is C15H14FN3OS. The Morgan fingerprint density at radius 1 is 1.48 bits per heavy atom. The SMILES string of the molecule is C=CCNc1nc(-c2cc3c(cc2F)NC(=O)CC3)cs1. The van der Waals surface area contributed by atoms with Gasteiger partial charge in [-0.05, 0) is 24.1 Å². The second kappa shape index (κ2) is 5.65. The summed E-state index contributed by atoms with van der Waals surface area (Å²) in [7, 11) is 0. The lowest BCUT2D eigenvalue weighted by atomic mass is 9.99. The molecule has 2 N–H and O–H groups in total. The van der Waals surface area contributed by atoms with Crippen molar-refractivity contribution in [1.29, 1.82) is 0 Å². The first kappa shape index (κ1) is 13.8. The second-order valence-electron chi connectivity index (χ2n) is 4.74. The van der Waals surface area contributed by atoms with Crippen LogP contribution >= 0.6 is 11.3 Å². The highest BCUT2D eigenvalue weighted by Crippen LogP contribution is 2.32.